The molecule has 1 atom stereocenters. The van der Waals surface area contributed by atoms with Crippen LogP contribution in [0.4, 0.5) is 0 Å². The van der Waals surface area contributed by atoms with Crippen molar-refractivity contribution in [1.82, 2.24) is 0 Å². The highest BCUT2D eigenvalue weighted by molar-refractivity contribution is 5.70. The molecular weight excluding hydrogens is 232 g/mol. The SMILES string of the molecule is CC/C(=C/C(C)O)c1ccc(-c2ccccc2)cc1. The Labute approximate surface area is 115 Å². The van der Waals surface area contributed by atoms with Crippen LogP contribution in [0.5, 0.6) is 0 Å². The van der Waals surface area contributed by atoms with Crippen LogP contribution >= 0.6 is 0 Å². The predicted molar refractivity (Wildman–Crippen MR) is 81.8 cm³/mol. The summed E-state index contributed by atoms with van der Waals surface area (Å²) < 4.78 is 0. The number of hydrogen-bond acceptors (Lipinski definition) is 1. The highest BCUT2D eigenvalue weighted by Gasteiger charge is 2.02. The first kappa shape index (κ1) is 13.6. The molecule has 0 aliphatic heterocycles. The molecule has 0 aromatic heterocycles. The van der Waals surface area contributed by atoms with Gasteiger partial charge in [-0.05, 0) is 35.6 Å². The van der Waals surface area contributed by atoms with Crippen LogP contribution in [0.15, 0.2) is 60.7 Å². The van der Waals surface area contributed by atoms with Gasteiger partial charge in [0.15, 0.2) is 0 Å². The minimum absolute atomic E-state index is 0.399. The lowest BCUT2D eigenvalue weighted by Crippen LogP contribution is -1.95. The molecule has 19 heavy (non-hydrogen) atoms. The Kier molecular flexibility index (Phi) is 4.53. The van der Waals surface area contributed by atoms with Crippen LogP contribution in [-0.2, 0) is 0 Å². The van der Waals surface area contributed by atoms with Gasteiger partial charge in [0.1, 0.15) is 0 Å². The largest absolute Gasteiger partial charge is 0.389 e. The lowest BCUT2D eigenvalue weighted by molar-refractivity contribution is 0.244. The van der Waals surface area contributed by atoms with E-state index >= 15 is 0 Å². The third kappa shape index (κ3) is 3.55. The minimum Gasteiger partial charge on any atom is -0.389 e. The first-order valence-corrected chi connectivity index (χ1v) is 6.75. The van der Waals surface area contributed by atoms with Crippen LogP contribution in [-0.4, -0.2) is 11.2 Å². The van der Waals surface area contributed by atoms with Crippen molar-refractivity contribution < 1.29 is 5.11 Å². The zero-order valence-corrected chi connectivity index (χ0v) is 11.5. The van der Waals surface area contributed by atoms with Crippen molar-refractivity contribution in [2.45, 2.75) is 26.4 Å². The van der Waals surface area contributed by atoms with Gasteiger partial charge in [-0.2, -0.15) is 0 Å². The van der Waals surface area contributed by atoms with E-state index in [1.54, 1.807) is 6.92 Å². The second-order valence-electron chi connectivity index (χ2n) is 4.73. The van der Waals surface area contributed by atoms with Gasteiger partial charge in [0.25, 0.3) is 0 Å². The Morgan fingerprint density at radius 3 is 2.11 bits per heavy atom. The fourth-order valence-electron chi connectivity index (χ4n) is 2.22. The molecule has 0 aliphatic rings. The molecule has 0 amide bonds. The molecule has 0 heterocycles. The Morgan fingerprint density at radius 1 is 1.00 bits per heavy atom. The van der Waals surface area contributed by atoms with Gasteiger partial charge in [-0.25, -0.2) is 0 Å². The van der Waals surface area contributed by atoms with Gasteiger partial charge in [-0.3, -0.25) is 0 Å². The first-order valence-electron chi connectivity index (χ1n) is 6.75. The molecule has 0 fully saturated rings. The van der Waals surface area contributed by atoms with E-state index in [9.17, 15) is 5.11 Å². The highest BCUT2D eigenvalue weighted by Crippen LogP contribution is 2.24. The average Bonchev–Trinajstić information content (AvgIpc) is 2.46. The predicted octanol–water partition coefficient (Wildman–Crippen LogP) is 4.53. The second kappa shape index (κ2) is 6.35. The van der Waals surface area contributed by atoms with E-state index in [0.29, 0.717) is 0 Å². The van der Waals surface area contributed by atoms with E-state index in [-0.39, 0.29) is 0 Å². The number of rotatable bonds is 4. The van der Waals surface area contributed by atoms with E-state index in [1.165, 1.54) is 22.3 Å². The van der Waals surface area contributed by atoms with Crippen LogP contribution in [0.25, 0.3) is 16.7 Å². The monoisotopic (exact) mass is 252 g/mol. The summed E-state index contributed by atoms with van der Waals surface area (Å²) in [6, 6.07) is 18.9. The van der Waals surface area contributed by atoms with Crippen molar-refractivity contribution in [3.8, 4) is 11.1 Å². The number of allylic oxidation sites excluding steroid dienone is 1. The molecule has 0 aliphatic carbocycles. The van der Waals surface area contributed by atoms with Crippen LogP contribution in [0.3, 0.4) is 0 Å². The smallest absolute Gasteiger partial charge is 0.0698 e. The molecule has 1 N–H and O–H groups in total. The van der Waals surface area contributed by atoms with Crippen LogP contribution < -0.4 is 0 Å². The summed E-state index contributed by atoms with van der Waals surface area (Å²) in [7, 11) is 0. The zero-order valence-electron chi connectivity index (χ0n) is 11.5. The molecule has 0 saturated carbocycles. The molecule has 1 heteroatoms. The summed E-state index contributed by atoms with van der Waals surface area (Å²) in [5, 5.41) is 9.47. The van der Waals surface area contributed by atoms with Gasteiger partial charge in [0.2, 0.25) is 0 Å². The van der Waals surface area contributed by atoms with Crippen LogP contribution in [0.1, 0.15) is 25.8 Å². The average molecular weight is 252 g/mol. The topological polar surface area (TPSA) is 20.2 Å². The molecule has 98 valence electrons. The number of aliphatic hydroxyl groups excluding tert-OH is 1. The standard InChI is InChI=1S/C18H20O/c1-3-15(13-14(2)19)17-9-11-18(12-10-17)16-7-5-4-6-8-16/h4-14,19H,3H2,1-2H3/b15-13-. The van der Waals surface area contributed by atoms with Crippen molar-refractivity contribution in [2.75, 3.05) is 0 Å². The summed E-state index contributed by atoms with van der Waals surface area (Å²) in [6.07, 6.45) is 2.44. The Balaban J connectivity index is 2.28. The molecule has 0 saturated heterocycles. The number of hydrogen-bond donors (Lipinski definition) is 1. The maximum absolute atomic E-state index is 9.47. The van der Waals surface area contributed by atoms with E-state index in [2.05, 4.69) is 43.3 Å². The van der Waals surface area contributed by atoms with Gasteiger partial charge >= 0.3 is 0 Å². The Morgan fingerprint density at radius 2 is 1.58 bits per heavy atom. The van der Waals surface area contributed by atoms with E-state index in [4.69, 9.17) is 0 Å². The van der Waals surface area contributed by atoms with Gasteiger partial charge in [-0.1, -0.05) is 67.6 Å². The lowest BCUT2D eigenvalue weighted by Gasteiger charge is -2.08. The summed E-state index contributed by atoms with van der Waals surface area (Å²) in [6.45, 7) is 3.90. The summed E-state index contributed by atoms with van der Waals surface area (Å²) >= 11 is 0. The molecule has 0 spiro atoms. The molecule has 1 nitrogen and oxygen atoms in total. The summed E-state index contributed by atoms with van der Waals surface area (Å²) in [5.74, 6) is 0. The van der Waals surface area contributed by atoms with Crippen molar-refractivity contribution in [2.24, 2.45) is 0 Å². The van der Waals surface area contributed by atoms with Crippen molar-refractivity contribution >= 4 is 5.57 Å². The number of aliphatic hydroxyl groups is 1. The van der Waals surface area contributed by atoms with Crippen molar-refractivity contribution in [1.29, 1.82) is 0 Å². The fraction of sp³-hybridized carbons (Fsp3) is 0.222. The highest BCUT2D eigenvalue weighted by atomic mass is 16.3. The summed E-state index contributed by atoms with van der Waals surface area (Å²) in [5.41, 5.74) is 4.82. The maximum atomic E-state index is 9.47. The molecule has 2 aromatic carbocycles. The van der Waals surface area contributed by atoms with Crippen LogP contribution in [0, 0.1) is 0 Å². The number of benzene rings is 2. The third-order valence-corrected chi connectivity index (χ3v) is 3.19. The van der Waals surface area contributed by atoms with E-state index in [0.717, 1.165) is 6.42 Å². The fourth-order valence-corrected chi connectivity index (χ4v) is 2.22. The lowest BCUT2D eigenvalue weighted by atomic mass is 9.98. The van der Waals surface area contributed by atoms with Crippen LogP contribution in [0.2, 0.25) is 0 Å². The quantitative estimate of drug-likeness (QED) is 0.847. The molecule has 2 aromatic rings. The van der Waals surface area contributed by atoms with Gasteiger partial charge in [0, 0.05) is 0 Å². The zero-order chi connectivity index (χ0) is 13.7. The Hall–Kier alpha value is -1.86. The van der Waals surface area contributed by atoms with Crippen molar-refractivity contribution in [3.63, 3.8) is 0 Å². The molecular formula is C18H20O. The maximum Gasteiger partial charge on any atom is 0.0698 e. The van der Waals surface area contributed by atoms with Gasteiger partial charge in [-0.15, -0.1) is 0 Å². The van der Waals surface area contributed by atoms with E-state index in [1.807, 2.05) is 24.3 Å². The molecule has 2 rings (SSSR count). The van der Waals surface area contributed by atoms with Gasteiger partial charge in [0.05, 0.1) is 6.10 Å². The molecule has 0 radical (unpaired) electrons. The third-order valence-electron chi connectivity index (χ3n) is 3.19. The normalized spacial score (nSPS) is 13.3. The van der Waals surface area contributed by atoms with E-state index < -0.39 is 6.10 Å². The Bertz CT molecular complexity index is 536. The first-order chi connectivity index (χ1) is 9.20. The van der Waals surface area contributed by atoms with Crippen molar-refractivity contribution in [3.05, 3.63) is 66.2 Å². The minimum atomic E-state index is -0.399. The van der Waals surface area contributed by atoms with Gasteiger partial charge < -0.3 is 5.11 Å². The molecule has 0 bridgehead atoms. The second-order valence-corrected chi connectivity index (χ2v) is 4.73. The molecule has 1 unspecified atom stereocenters. The summed E-state index contributed by atoms with van der Waals surface area (Å²) in [4.78, 5) is 0.